The highest BCUT2D eigenvalue weighted by atomic mass is 79.9. The molecule has 0 spiro atoms. The van der Waals surface area contributed by atoms with E-state index in [-0.39, 0.29) is 0 Å². The summed E-state index contributed by atoms with van der Waals surface area (Å²) < 4.78 is 6.94. The summed E-state index contributed by atoms with van der Waals surface area (Å²) >= 11 is 25.1. The molecule has 0 fully saturated rings. The van der Waals surface area contributed by atoms with Crippen molar-refractivity contribution < 1.29 is 0 Å². The fourth-order valence-electron chi connectivity index (χ4n) is 1.53. The van der Waals surface area contributed by atoms with Gasteiger partial charge < -0.3 is 0 Å². The summed E-state index contributed by atoms with van der Waals surface area (Å²) in [5, 5.41) is 0. The second kappa shape index (κ2) is 6.92. The molecular formula is C12H3Br7. The Labute approximate surface area is 170 Å². The van der Waals surface area contributed by atoms with Crippen molar-refractivity contribution in [2.75, 3.05) is 0 Å². The van der Waals surface area contributed by atoms with Crippen molar-refractivity contribution in [3.63, 3.8) is 0 Å². The van der Waals surface area contributed by atoms with Gasteiger partial charge in [0.15, 0.2) is 0 Å². The van der Waals surface area contributed by atoms with Crippen LogP contribution in [0.4, 0.5) is 0 Å². The monoisotopic (exact) mass is 699 g/mol. The van der Waals surface area contributed by atoms with Gasteiger partial charge >= 0.3 is 0 Å². The lowest BCUT2D eigenvalue weighted by atomic mass is 10.1. The first-order valence-electron chi connectivity index (χ1n) is 4.81. The van der Waals surface area contributed by atoms with E-state index in [0.29, 0.717) is 0 Å². The zero-order valence-corrected chi connectivity index (χ0v) is 20.0. The van der Waals surface area contributed by atoms with E-state index in [4.69, 9.17) is 0 Å². The summed E-state index contributed by atoms with van der Waals surface area (Å²) in [4.78, 5) is 0. The van der Waals surface area contributed by atoms with Gasteiger partial charge in [-0.3, -0.25) is 0 Å². The molecule has 0 saturated carbocycles. The van der Waals surface area contributed by atoms with E-state index in [1.165, 1.54) is 0 Å². The van der Waals surface area contributed by atoms with E-state index in [1.54, 1.807) is 0 Å². The summed E-state index contributed by atoms with van der Waals surface area (Å²) in [6, 6.07) is 6.07. The molecule has 0 aliphatic rings. The number of halogens is 7. The largest absolute Gasteiger partial charge is 0.0501 e. The van der Waals surface area contributed by atoms with Gasteiger partial charge in [0.05, 0.1) is 0 Å². The minimum atomic E-state index is 0.968. The molecule has 0 saturated heterocycles. The van der Waals surface area contributed by atoms with Crippen LogP contribution in [0.5, 0.6) is 0 Å². The van der Waals surface area contributed by atoms with Gasteiger partial charge in [-0.1, -0.05) is 15.9 Å². The Hall–Kier alpha value is 1.80. The maximum absolute atomic E-state index is 3.64. The number of hydrogen-bond acceptors (Lipinski definition) is 0. The molecule has 0 atom stereocenters. The van der Waals surface area contributed by atoms with Crippen LogP contribution in [0, 0.1) is 0 Å². The second-order valence-corrected chi connectivity index (χ2v) is 9.30. The highest BCUT2D eigenvalue weighted by Gasteiger charge is 2.18. The fraction of sp³-hybridized carbons (Fsp3) is 0. The van der Waals surface area contributed by atoms with E-state index in [1.807, 2.05) is 12.1 Å². The molecule has 0 heterocycles. The minimum absolute atomic E-state index is 0.968. The highest BCUT2D eigenvalue weighted by Crippen LogP contribution is 2.47. The van der Waals surface area contributed by atoms with Crippen molar-refractivity contribution in [2.45, 2.75) is 0 Å². The van der Waals surface area contributed by atoms with Gasteiger partial charge in [-0.05, 0) is 114 Å². The van der Waals surface area contributed by atoms with E-state index in [2.05, 4.69) is 118 Å². The Balaban J connectivity index is 2.84. The highest BCUT2D eigenvalue weighted by molar-refractivity contribution is 9.15. The molecule has 0 nitrogen and oxygen atoms in total. The van der Waals surface area contributed by atoms with Gasteiger partial charge in [0.25, 0.3) is 0 Å². The zero-order chi connectivity index (χ0) is 14.3. The second-order valence-electron chi connectivity index (χ2n) is 3.57. The Kier molecular flexibility index (Phi) is 6.25. The summed E-state index contributed by atoms with van der Waals surface area (Å²) in [6.07, 6.45) is 0. The van der Waals surface area contributed by atoms with Gasteiger partial charge in [-0.2, -0.15) is 0 Å². The minimum Gasteiger partial charge on any atom is -0.0501 e. The van der Waals surface area contributed by atoms with Crippen molar-refractivity contribution in [1.82, 2.24) is 0 Å². The maximum atomic E-state index is 3.64. The lowest BCUT2D eigenvalue weighted by molar-refractivity contribution is 1.44. The normalized spacial score (nSPS) is 10.9. The molecule has 2 aromatic carbocycles. The number of hydrogen-bond donors (Lipinski definition) is 0. The van der Waals surface area contributed by atoms with Gasteiger partial charge in [-0.25, -0.2) is 0 Å². The summed E-state index contributed by atoms with van der Waals surface area (Å²) in [6.45, 7) is 0. The Morgan fingerprint density at radius 3 is 1.74 bits per heavy atom. The molecule has 0 unspecified atom stereocenters. The first-order valence-corrected chi connectivity index (χ1v) is 10.4. The average molecular weight is 706 g/mol. The molecule has 19 heavy (non-hydrogen) atoms. The molecule has 0 radical (unpaired) electrons. The Morgan fingerprint density at radius 1 is 0.526 bits per heavy atom. The molecule has 0 aromatic heterocycles. The first-order chi connectivity index (χ1) is 8.84. The van der Waals surface area contributed by atoms with Crippen LogP contribution in [0.2, 0.25) is 0 Å². The van der Waals surface area contributed by atoms with E-state index in [0.717, 1.165) is 42.4 Å². The SMILES string of the molecule is Brc1cc(-c2c(Br)ccc(Br)c2Br)c(Br)c(Br)c1Br. The van der Waals surface area contributed by atoms with Crippen molar-refractivity contribution in [3.8, 4) is 11.1 Å². The van der Waals surface area contributed by atoms with Crippen LogP contribution in [-0.4, -0.2) is 0 Å². The van der Waals surface area contributed by atoms with Crippen LogP contribution in [0.25, 0.3) is 11.1 Å². The van der Waals surface area contributed by atoms with Crippen molar-refractivity contribution >= 4 is 112 Å². The van der Waals surface area contributed by atoms with Gasteiger partial charge in [0.2, 0.25) is 0 Å². The standard InChI is InChI=1S/C12H3Br7/c13-5-1-2-6(14)10(17)8(5)4-3-7(15)11(18)12(19)9(4)16/h1-3H. The predicted molar refractivity (Wildman–Crippen MR) is 106 cm³/mol. The summed E-state index contributed by atoms with van der Waals surface area (Å²) in [5.74, 6) is 0. The molecular weight excluding hydrogens is 703 g/mol. The summed E-state index contributed by atoms with van der Waals surface area (Å²) in [7, 11) is 0. The third-order valence-electron chi connectivity index (χ3n) is 2.42. The average Bonchev–Trinajstić information content (AvgIpc) is 2.38. The predicted octanol–water partition coefficient (Wildman–Crippen LogP) is 8.69. The van der Waals surface area contributed by atoms with Gasteiger partial charge in [0.1, 0.15) is 0 Å². The first kappa shape index (κ1) is 17.2. The molecule has 0 bridgehead atoms. The van der Waals surface area contributed by atoms with Crippen molar-refractivity contribution in [3.05, 3.63) is 49.5 Å². The van der Waals surface area contributed by atoms with Crippen LogP contribution >= 0.6 is 112 Å². The fourth-order valence-corrected chi connectivity index (χ4v) is 5.44. The molecule has 0 N–H and O–H groups in total. The molecule has 2 aromatic rings. The number of benzene rings is 2. The molecule has 2 rings (SSSR count). The van der Waals surface area contributed by atoms with Crippen molar-refractivity contribution in [2.24, 2.45) is 0 Å². The third-order valence-corrected chi connectivity index (χ3v) is 9.76. The zero-order valence-electron chi connectivity index (χ0n) is 8.88. The van der Waals surface area contributed by atoms with Crippen LogP contribution in [0.15, 0.2) is 49.5 Å². The molecule has 0 aliphatic carbocycles. The van der Waals surface area contributed by atoms with Crippen molar-refractivity contribution in [1.29, 1.82) is 0 Å². The smallest absolute Gasteiger partial charge is 0.0477 e. The van der Waals surface area contributed by atoms with Crippen LogP contribution in [0.3, 0.4) is 0 Å². The molecule has 0 amide bonds. The van der Waals surface area contributed by atoms with Gasteiger partial charge in [0, 0.05) is 42.4 Å². The maximum Gasteiger partial charge on any atom is 0.0477 e. The van der Waals surface area contributed by atoms with E-state index in [9.17, 15) is 0 Å². The third kappa shape index (κ3) is 3.42. The van der Waals surface area contributed by atoms with Crippen LogP contribution in [0.1, 0.15) is 0 Å². The Morgan fingerprint density at radius 2 is 1.11 bits per heavy atom. The molecule has 0 aliphatic heterocycles. The quantitative estimate of drug-likeness (QED) is 0.206. The summed E-state index contributed by atoms with van der Waals surface area (Å²) in [5.41, 5.74) is 2.15. The Bertz CT molecular complexity index is 664. The van der Waals surface area contributed by atoms with Crippen LogP contribution in [-0.2, 0) is 0 Å². The topological polar surface area (TPSA) is 0 Å². The van der Waals surface area contributed by atoms with Gasteiger partial charge in [-0.15, -0.1) is 0 Å². The molecule has 7 heteroatoms. The van der Waals surface area contributed by atoms with E-state index >= 15 is 0 Å². The van der Waals surface area contributed by atoms with E-state index < -0.39 is 0 Å². The lowest BCUT2D eigenvalue weighted by Gasteiger charge is -2.14. The lowest BCUT2D eigenvalue weighted by Crippen LogP contribution is -1.88. The van der Waals surface area contributed by atoms with Crippen LogP contribution < -0.4 is 0 Å². The molecule has 100 valence electrons. The number of rotatable bonds is 1.